The molecule has 0 saturated carbocycles. The lowest BCUT2D eigenvalue weighted by molar-refractivity contribution is -0.384. The number of nitrogens with zero attached hydrogens (tertiary/aromatic N) is 1. The number of aliphatic carboxylic acids is 2. The van der Waals surface area contributed by atoms with E-state index in [-0.39, 0.29) is 29.3 Å². The maximum absolute atomic E-state index is 12.0. The van der Waals surface area contributed by atoms with Crippen molar-refractivity contribution < 1.29 is 47.4 Å². The number of hydrogen-bond donors (Lipinski definition) is 3. The number of alkyl halides is 3. The maximum atomic E-state index is 12.0. The Morgan fingerprint density at radius 1 is 1.20 bits per heavy atom. The number of carboxylic acids is 2. The van der Waals surface area contributed by atoms with Crippen LogP contribution in [0.25, 0.3) is 0 Å². The average molecular weight is 474 g/mol. The van der Waals surface area contributed by atoms with Crippen LogP contribution in [0.3, 0.4) is 0 Å². The summed E-state index contributed by atoms with van der Waals surface area (Å²) in [6, 6.07) is 3.79. The minimum Gasteiger partial charge on any atom is -0.496 e. The summed E-state index contributed by atoms with van der Waals surface area (Å²) in [4.78, 5) is 41.4. The molecular weight excluding hydrogens is 457 g/mol. The Balaban J connectivity index is 0.00000103. The molecule has 1 rings (SSSR count). The molecule has 0 aliphatic carbocycles. The van der Waals surface area contributed by atoms with Crippen molar-refractivity contribution in [2.45, 2.75) is 12.6 Å². The van der Waals surface area contributed by atoms with Crippen molar-refractivity contribution in [3.05, 3.63) is 33.9 Å². The first kappa shape index (κ1) is 27.3. The van der Waals surface area contributed by atoms with Crippen molar-refractivity contribution in [3.8, 4) is 5.75 Å². The Hall–Kier alpha value is -2.68. The summed E-state index contributed by atoms with van der Waals surface area (Å²) in [5, 5.41) is 29.0. The van der Waals surface area contributed by atoms with Gasteiger partial charge in [-0.05, 0) is 6.07 Å². The first-order valence-corrected chi connectivity index (χ1v) is 10.3. The highest BCUT2D eigenvalue weighted by molar-refractivity contribution is 8.76. The minimum absolute atomic E-state index is 0.101. The molecule has 0 saturated heterocycles. The molecule has 0 spiro atoms. The highest BCUT2D eigenvalue weighted by Gasteiger charge is 2.38. The number of hydrogen-bond acceptors (Lipinski definition) is 8. The molecule has 0 bridgehead atoms. The van der Waals surface area contributed by atoms with Crippen LogP contribution in [0.2, 0.25) is 0 Å². The minimum atomic E-state index is -5.08. The summed E-state index contributed by atoms with van der Waals surface area (Å²) >= 11 is 0. The predicted octanol–water partition coefficient (Wildman–Crippen LogP) is 2.82. The summed E-state index contributed by atoms with van der Waals surface area (Å²) in [5.74, 6) is -2.72. The van der Waals surface area contributed by atoms with Gasteiger partial charge in [0.2, 0.25) is 0 Å². The van der Waals surface area contributed by atoms with Crippen molar-refractivity contribution >= 4 is 45.1 Å². The zero-order valence-corrected chi connectivity index (χ0v) is 16.9. The molecule has 1 aromatic carbocycles. The summed E-state index contributed by atoms with van der Waals surface area (Å²) < 4.78 is 36.7. The lowest BCUT2D eigenvalue weighted by Crippen LogP contribution is -2.26. The number of carboxylic acid groups (broad SMARTS) is 2. The van der Waals surface area contributed by atoms with E-state index in [1.54, 1.807) is 0 Å². The number of amides is 1. The van der Waals surface area contributed by atoms with Gasteiger partial charge in [-0.25, -0.2) is 4.79 Å². The number of carbonyl (C=O) groups excluding carboxylic acids is 1. The fourth-order valence-corrected chi connectivity index (χ4v) is 3.42. The Morgan fingerprint density at radius 3 is 2.23 bits per heavy atom. The average Bonchev–Trinajstić information content (AvgIpc) is 2.65. The first-order chi connectivity index (χ1) is 13.9. The molecule has 0 unspecified atom stereocenters. The third kappa shape index (κ3) is 11.4. The smallest absolute Gasteiger partial charge is 0.490 e. The van der Waals surface area contributed by atoms with Gasteiger partial charge >= 0.3 is 18.1 Å². The second kappa shape index (κ2) is 13.5. The number of non-ortho nitro benzene ring substituents is 1. The van der Waals surface area contributed by atoms with Gasteiger partial charge in [0.25, 0.3) is 11.6 Å². The molecule has 10 nitrogen and oxygen atoms in total. The number of carbonyl (C=O) groups is 3. The molecule has 15 heteroatoms. The number of methoxy groups -OCH3 is 1. The number of rotatable bonds is 10. The number of nitro groups is 1. The van der Waals surface area contributed by atoms with Crippen molar-refractivity contribution in [2.75, 3.05) is 25.2 Å². The Bertz CT molecular complexity index is 762. The van der Waals surface area contributed by atoms with Crippen LogP contribution in [-0.4, -0.2) is 64.3 Å². The fraction of sp³-hybridized carbons (Fsp3) is 0.400. The van der Waals surface area contributed by atoms with E-state index >= 15 is 0 Å². The van der Waals surface area contributed by atoms with E-state index < -0.39 is 23.0 Å². The molecular formula is C15H17F3N2O8S2. The van der Waals surface area contributed by atoms with Gasteiger partial charge in [-0.1, -0.05) is 21.6 Å². The molecule has 0 aliphatic heterocycles. The zero-order chi connectivity index (χ0) is 23.3. The van der Waals surface area contributed by atoms with Crippen molar-refractivity contribution in [3.63, 3.8) is 0 Å². The van der Waals surface area contributed by atoms with Gasteiger partial charge in [-0.15, -0.1) is 0 Å². The largest absolute Gasteiger partial charge is 0.496 e. The fourth-order valence-electron chi connectivity index (χ4n) is 1.53. The van der Waals surface area contributed by atoms with Crippen LogP contribution in [0, 0.1) is 10.1 Å². The predicted molar refractivity (Wildman–Crippen MR) is 103 cm³/mol. The SMILES string of the molecule is COc1cc([N+](=O)[O-])ccc1C(=O)NCCSSCCC(=O)O.O=C(O)C(F)(F)F. The van der Waals surface area contributed by atoms with Crippen LogP contribution in [0.1, 0.15) is 16.8 Å². The summed E-state index contributed by atoms with van der Waals surface area (Å²) in [6.45, 7) is 0.393. The first-order valence-electron chi connectivity index (χ1n) is 7.77. The Kier molecular flexibility index (Phi) is 12.3. The van der Waals surface area contributed by atoms with Crippen LogP contribution >= 0.6 is 21.6 Å². The molecule has 0 fully saturated rings. The standard InChI is InChI=1S/C13H16N2O6S2.C2HF3O2/c1-21-11-8-9(15(19)20)2-3-10(11)13(18)14-5-7-23-22-6-4-12(16)17;3-2(4,5)1(6)7/h2-3,8H,4-7H2,1H3,(H,14,18)(H,16,17);(H,6,7). The van der Waals surface area contributed by atoms with Crippen LogP contribution in [0.15, 0.2) is 18.2 Å². The number of nitrogens with one attached hydrogen (secondary N) is 1. The molecule has 0 radical (unpaired) electrons. The van der Waals surface area contributed by atoms with E-state index in [1.807, 2.05) is 0 Å². The van der Waals surface area contributed by atoms with Gasteiger partial charge < -0.3 is 20.3 Å². The van der Waals surface area contributed by atoms with Gasteiger partial charge in [-0.3, -0.25) is 19.7 Å². The number of nitro benzene ring substituents is 1. The van der Waals surface area contributed by atoms with Crippen LogP contribution < -0.4 is 10.1 Å². The second-order valence-corrected chi connectivity index (χ2v) is 7.69. The molecule has 0 aromatic heterocycles. The van der Waals surface area contributed by atoms with Gasteiger partial charge in [0.15, 0.2) is 0 Å². The molecule has 1 aromatic rings. The van der Waals surface area contributed by atoms with E-state index in [9.17, 15) is 32.9 Å². The van der Waals surface area contributed by atoms with Crippen LogP contribution in [-0.2, 0) is 9.59 Å². The van der Waals surface area contributed by atoms with Gasteiger partial charge in [0, 0.05) is 24.1 Å². The summed E-state index contributed by atoms with van der Waals surface area (Å²) in [6.07, 6.45) is -4.98. The molecule has 168 valence electrons. The van der Waals surface area contributed by atoms with Crippen LogP contribution in [0.4, 0.5) is 18.9 Å². The van der Waals surface area contributed by atoms with Crippen LogP contribution in [0.5, 0.6) is 5.75 Å². The number of ether oxygens (including phenoxy) is 1. The van der Waals surface area contributed by atoms with Crippen molar-refractivity contribution in [1.29, 1.82) is 0 Å². The topological polar surface area (TPSA) is 156 Å². The third-order valence-corrected chi connectivity index (χ3v) is 5.24. The quantitative estimate of drug-likeness (QED) is 0.199. The molecule has 0 atom stereocenters. The number of halogens is 3. The lowest BCUT2D eigenvalue weighted by atomic mass is 10.1. The molecule has 0 aliphatic rings. The summed E-state index contributed by atoms with van der Waals surface area (Å²) in [5.41, 5.74) is 0.0745. The Labute approximate surface area is 175 Å². The van der Waals surface area contributed by atoms with E-state index in [0.717, 1.165) is 0 Å². The maximum Gasteiger partial charge on any atom is 0.490 e. The normalized spacial score (nSPS) is 10.4. The zero-order valence-electron chi connectivity index (χ0n) is 15.3. The van der Waals surface area contributed by atoms with E-state index in [0.29, 0.717) is 18.1 Å². The summed E-state index contributed by atoms with van der Waals surface area (Å²) in [7, 11) is 4.23. The van der Waals surface area contributed by atoms with Gasteiger partial charge in [-0.2, -0.15) is 13.2 Å². The third-order valence-electron chi connectivity index (χ3n) is 2.84. The Morgan fingerprint density at radius 2 is 1.77 bits per heavy atom. The lowest BCUT2D eigenvalue weighted by Gasteiger charge is -2.09. The van der Waals surface area contributed by atoms with Crippen molar-refractivity contribution in [2.24, 2.45) is 0 Å². The molecule has 0 heterocycles. The van der Waals surface area contributed by atoms with Gasteiger partial charge in [0.05, 0.1) is 30.1 Å². The highest BCUT2D eigenvalue weighted by Crippen LogP contribution is 2.25. The molecule has 3 N–H and O–H groups in total. The van der Waals surface area contributed by atoms with E-state index in [2.05, 4.69) is 5.32 Å². The molecule has 30 heavy (non-hydrogen) atoms. The second-order valence-electron chi connectivity index (χ2n) is 4.99. The highest BCUT2D eigenvalue weighted by atomic mass is 33.1. The van der Waals surface area contributed by atoms with E-state index in [4.69, 9.17) is 19.7 Å². The monoisotopic (exact) mass is 474 g/mol. The number of benzene rings is 1. The van der Waals surface area contributed by atoms with E-state index in [1.165, 1.54) is 46.9 Å². The van der Waals surface area contributed by atoms with Gasteiger partial charge in [0.1, 0.15) is 5.75 Å². The molecule has 1 amide bonds. The van der Waals surface area contributed by atoms with Crippen molar-refractivity contribution in [1.82, 2.24) is 5.32 Å².